The van der Waals surface area contributed by atoms with Crippen molar-refractivity contribution in [1.29, 1.82) is 0 Å². The number of hydrogen-bond donors (Lipinski definition) is 0. The predicted molar refractivity (Wildman–Crippen MR) is 90.6 cm³/mol. The Morgan fingerprint density at radius 3 is 2.76 bits per heavy atom. The molecule has 1 aromatic heterocycles. The highest BCUT2D eigenvalue weighted by Gasteiger charge is 2.46. The second-order valence-corrected chi connectivity index (χ2v) is 6.50. The predicted octanol–water partition coefficient (Wildman–Crippen LogP) is 3.15. The summed E-state index contributed by atoms with van der Waals surface area (Å²) in [6, 6.07) is 9.63. The normalized spacial score (nSPS) is 20.4. The molecule has 0 aliphatic carbocycles. The molecular formula is C19H21F2N3O. The summed E-state index contributed by atoms with van der Waals surface area (Å²) in [7, 11) is 0. The Bertz CT molecular complexity index is 737. The highest BCUT2D eigenvalue weighted by atomic mass is 19.3. The monoisotopic (exact) mass is 345 g/mol. The fraction of sp³-hybridized carbons (Fsp3) is 0.421. The van der Waals surface area contributed by atoms with Gasteiger partial charge in [0.05, 0.1) is 18.2 Å². The topological polar surface area (TPSA) is 46.1 Å². The summed E-state index contributed by atoms with van der Waals surface area (Å²) in [6.45, 7) is 2.44. The Kier molecular flexibility index (Phi) is 5.18. The molecule has 4 nitrogen and oxygen atoms in total. The van der Waals surface area contributed by atoms with Crippen LogP contribution >= 0.6 is 0 Å². The van der Waals surface area contributed by atoms with Crippen LogP contribution in [0.4, 0.5) is 8.78 Å². The average molecular weight is 345 g/mol. The lowest BCUT2D eigenvalue weighted by atomic mass is 9.86. The van der Waals surface area contributed by atoms with E-state index in [2.05, 4.69) is 9.97 Å². The number of rotatable bonds is 5. The molecule has 1 unspecified atom stereocenters. The highest BCUT2D eigenvalue weighted by Crippen LogP contribution is 2.41. The molecule has 0 bridgehead atoms. The van der Waals surface area contributed by atoms with Gasteiger partial charge in [-0.05, 0) is 31.0 Å². The molecule has 0 radical (unpaired) electrons. The van der Waals surface area contributed by atoms with Gasteiger partial charge in [0.2, 0.25) is 0 Å². The number of nitrogens with zero attached hydrogens (tertiary/aromatic N) is 3. The molecule has 1 fully saturated rings. The third kappa shape index (κ3) is 4.07. The first-order chi connectivity index (χ1) is 12.0. The molecule has 0 spiro atoms. The number of likely N-dealkylation sites (tertiary alicyclic amines) is 1. The van der Waals surface area contributed by atoms with Gasteiger partial charge >= 0.3 is 0 Å². The molecule has 1 saturated heterocycles. The quantitative estimate of drug-likeness (QED) is 0.781. The number of benzene rings is 1. The van der Waals surface area contributed by atoms with Gasteiger partial charge in [0.25, 0.3) is 5.92 Å². The van der Waals surface area contributed by atoms with Gasteiger partial charge in [-0.25, -0.2) is 18.7 Å². The standard InChI is InChI=1S/C19H21F2N3O/c1-14-22-11-16(8-10-25)18(23-14)17-7-9-24(13-19(17,20)21)12-15-5-3-2-4-6-15/h2-6,10-11,17H,7-9,12-13H2,1H3. The van der Waals surface area contributed by atoms with Crippen molar-refractivity contribution in [2.75, 3.05) is 13.1 Å². The average Bonchev–Trinajstić information content (AvgIpc) is 2.57. The molecule has 1 aliphatic rings. The Hall–Kier alpha value is -2.21. The number of aldehydes is 1. The zero-order chi connectivity index (χ0) is 17.9. The van der Waals surface area contributed by atoms with E-state index in [1.54, 1.807) is 11.8 Å². The van der Waals surface area contributed by atoms with E-state index < -0.39 is 11.8 Å². The van der Waals surface area contributed by atoms with Crippen molar-refractivity contribution in [3.8, 4) is 0 Å². The van der Waals surface area contributed by atoms with Crippen molar-refractivity contribution in [3.63, 3.8) is 0 Å². The van der Waals surface area contributed by atoms with Crippen LogP contribution in [0.5, 0.6) is 0 Å². The summed E-state index contributed by atoms with van der Waals surface area (Å²) in [4.78, 5) is 20.9. The van der Waals surface area contributed by atoms with E-state index in [-0.39, 0.29) is 13.0 Å². The zero-order valence-corrected chi connectivity index (χ0v) is 14.2. The van der Waals surface area contributed by atoms with Gasteiger partial charge in [-0.2, -0.15) is 0 Å². The summed E-state index contributed by atoms with van der Waals surface area (Å²) >= 11 is 0. The van der Waals surface area contributed by atoms with E-state index in [1.165, 1.54) is 6.20 Å². The minimum Gasteiger partial charge on any atom is -0.303 e. The fourth-order valence-electron chi connectivity index (χ4n) is 3.38. The van der Waals surface area contributed by atoms with Crippen LogP contribution in [0.1, 0.15) is 35.0 Å². The first-order valence-electron chi connectivity index (χ1n) is 8.40. The van der Waals surface area contributed by atoms with Gasteiger partial charge in [0.15, 0.2) is 0 Å². The van der Waals surface area contributed by atoms with Crippen LogP contribution in [0, 0.1) is 6.92 Å². The van der Waals surface area contributed by atoms with Gasteiger partial charge < -0.3 is 4.79 Å². The molecule has 132 valence electrons. The maximum absolute atomic E-state index is 14.9. The van der Waals surface area contributed by atoms with Crippen molar-refractivity contribution >= 4 is 6.29 Å². The van der Waals surface area contributed by atoms with E-state index in [9.17, 15) is 13.6 Å². The van der Waals surface area contributed by atoms with Crippen LogP contribution in [-0.4, -0.2) is 40.2 Å². The Balaban J connectivity index is 1.79. The summed E-state index contributed by atoms with van der Waals surface area (Å²) in [5, 5.41) is 0. The minimum absolute atomic E-state index is 0.0654. The van der Waals surface area contributed by atoms with Crippen molar-refractivity contribution in [3.05, 3.63) is 59.2 Å². The van der Waals surface area contributed by atoms with Gasteiger partial charge in [0, 0.05) is 19.2 Å². The lowest BCUT2D eigenvalue weighted by molar-refractivity contribution is -0.107. The number of carbonyl (C=O) groups excluding carboxylic acids is 1. The van der Waals surface area contributed by atoms with Crippen molar-refractivity contribution in [2.24, 2.45) is 0 Å². The van der Waals surface area contributed by atoms with Gasteiger partial charge in [-0.15, -0.1) is 0 Å². The molecule has 1 aromatic carbocycles. The van der Waals surface area contributed by atoms with Crippen molar-refractivity contribution in [1.82, 2.24) is 14.9 Å². The Labute approximate surface area is 145 Å². The van der Waals surface area contributed by atoms with Crippen LogP contribution in [0.3, 0.4) is 0 Å². The molecule has 1 atom stereocenters. The SMILES string of the molecule is Cc1ncc(CC=O)c(C2CCN(Cc3ccccc3)CC2(F)F)n1. The first-order valence-corrected chi connectivity index (χ1v) is 8.40. The van der Waals surface area contributed by atoms with Crippen molar-refractivity contribution < 1.29 is 13.6 Å². The third-order valence-corrected chi connectivity index (χ3v) is 4.58. The molecule has 25 heavy (non-hydrogen) atoms. The number of hydrogen-bond acceptors (Lipinski definition) is 4. The second kappa shape index (κ2) is 7.35. The summed E-state index contributed by atoms with van der Waals surface area (Å²) in [5.41, 5.74) is 1.85. The van der Waals surface area contributed by atoms with E-state index in [4.69, 9.17) is 0 Å². The Morgan fingerprint density at radius 1 is 1.32 bits per heavy atom. The van der Waals surface area contributed by atoms with Crippen molar-refractivity contribution in [2.45, 2.75) is 38.2 Å². The fourth-order valence-corrected chi connectivity index (χ4v) is 3.38. The lowest BCUT2D eigenvalue weighted by Gasteiger charge is -2.38. The van der Waals surface area contributed by atoms with Crippen LogP contribution in [-0.2, 0) is 17.8 Å². The molecule has 1 aliphatic heterocycles. The highest BCUT2D eigenvalue weighted by molar-refractivity contribution is 5.55. The maximum atomic E-state index is 14.9. The molecule has 0 N–H and O–H groups in total. The molecule has 6 heteroatoms. The second-order valence-electron chi connectivity index (χ2n) is 6.50. The molecule has 3 rings (SSSR count). The van der Waals surface area contributed by atoms with Gasteiger partial charge in [-0.1, -0.05) is 30.3 Å². The maximum Gasteiger partial charge on any atom is 0.268 e. The number of carbonyl (C=O) groups is 1. The molecular weight excluding hydrogens is 324 g/mol. The summed E-state index contributed by atoms with van der Waals surface area (Å²) < 4.78 is 29.7. The molecule has 0 amide bonds. The smallest absolute Gasteiger partial charge is 0.268 e. The van der Waals surface area contributed by atoms with Crippen LogP contribution < -0.4 is 0 Å². The zero-order valence-electron chi connectivity index (χ0n) is 14.2. The summed E-state index contributed by atoms with van der Waals surface area (Å²) in [6.07, 6.45) is 2.58. The van der Waals surface area contributed by atoms with Crippen LogP contribution in [0.2, 0.25) is 0 Å². The van der Waals surface area contributed by atoms with Crippen LogP contribution in [0.15, 0.2) is 36.5 Å². The third-order valence-electron chi connectivity index (χ3n) is 4.58. The molecule has 2 aromatic rings. The minimum atomic E-state index is -2.90. The number of halogens is 2. The first kappa shape index (κ1) is 17.6. The molecule has 0 saturated carbocycles. The van der Waals surface area contributed by atoms with E-state index in [1.807, 2.05) is 30.3 Å². The Morgan fingerprint density at radius 2 is 2.08 bits per heavy atom. The summed E-state index contributed by atoms with van der Waals surface area (Å²) in [5.74, 6) is -3.42. The number of alkyl halides is 2. The van der Waals surface area contributed by atoms with E-state index in [0.29, 0.717) is 42.9 Å². The van der Waals surface area contributed by atoms with E-state index in [0.717, 1.165) is 5.56 Å². The number of aromatic nitrogens is 2. The van der Waals surface area contributed by atoms with Gasteiger partial charge in [-0.3, -0.25) is 4.90 Å². The molecule has 2 heterocycles. The largest absolute Gasteiger partial charge is 0.303 e. The van der Waals surface area contributed by atoms with Crippen LogP contribution in [0.25, 0.3) is 0 Å². The lowest BCUT2D eigenvalue weighted by Crippen LogP contribution is -2.47. The van der Waals surface area contributed by atoms with E-state index >= 15 is 0 Å². The van der Waals surface area contributed by atoms with Gasteiger partial charge in [0.1, 0.15) is 12.1 Å². The number of aryl methyl sites for hydroxylation is 1. The number of piperidine rings is 1.